The summed E-state index contributed by atoms with van der Waals surface area (Å²) in [5.74, 6) is 0. The highest BCUT2D eigenvalue weighted by Crippen LogP contribution is 2.24. The molecule has 0 aliphatic heterocycles. The summed E-state index contributed by atoms with van der Waals surface area (Å²) < 4.78 is 1.94. The molecule has 0 saturated heterocycles. The second kappa shape index (κ2) is 3.59. The normalized spacial score (nSPS) is 10.9. The third-order valence-corrected chi connectivity index (χ3v) is 2.88. The lowest BCUT2D eigenvalue weighted by Crippen LogP contribution is -2.07. The van der Waals surface area contributed by atoms with E-state index in [0.29, 0.717) is 5.56 Å². The standard InChI is InChI=1S/C13H11N3O/c1-16-8-5-10-9(4-7-14-12(10)16)11-3-2-6-15-13(11)17/h2-8H,1H3,(H,15,17). The molecular weight excluding hydrogens is 214 g/mol. The van der Waals surface area contributed by atoms with Crippen molar-refractivity contribution in [2.75, 3.05) is 0 Å². The Labute approximate surface area is 97.6 Å². The van der Waals surface area contributed by atoms with E-state index in [1.165, 1.54) is 0 Å². The summed E-state index contributed by atoms with van der Waals surface area (Å²) in [6.07, 6.45) is 5.30. The Morgan fingerprint density at radius 2 is 2.12 bits per heavy atom. The van der Waals surface area contributed by atoms with E-state index in [1.807, 2.05) is 42.1 Å². The van der Waals surface area contributed by atoms with Gasteiger partial charge in [-0.15, -0.1) is 0 Å². The van der Waals surface area contributed by atoms with Crippen molar-refractivity contribution in [3.8, 4) is 11.1 Å². The zero-order valence-corrected chi connectivity index (χ0v) is 9.34. The maximum Gasteiger partial charge on any atom is 0.255 e. The van der Waals surface area contributed by atoms with Crippen LogP contribution >= 0.6 is 0 Å². The monoisotopic (exact) mass is 225 g/mol. The maximum atomic E-state index is 11.8. The van der Waals surface area contributed by atoms with E-state index in [4.69, 9.17) is 0 Å². The van der Waals surface area contributed by atoms with Gasteiger partial charge in [-0.25, -0.2) is 4.98 Å². The summed E-state index contributed by atoms with van der Waals surface area (Å²) in [5.41, 5.74) is 2.39. The first kappa shape index (κ1) is 9.84. The molecule has 1 N–H and O–H groups in total. The van der Waals surface area contributed by atoms with Gasteiger partial charge in [0.1, 0.15) is 5.65 Å². The minimum atomic E-state index is -0.0798. The summed E-state index contributed by atoms with van der Waals surface area (Å²) in [4.78, 5) is 18.8. The van der Waals surface area contributed by atoms with Crippen LogP contribution in [0.3, 0.4) is 0 Å². The van der Waals surface area contributed by atoms with E-state index in [9.17, 15) is 4.79 Å². The molecule has 0 aliphatic rings. The van der Waals surface area contributed by atoms with Gasteiger partial charge in [-0.05, 0) is 29.8 Å². The van der Waals surface area contributed by atoms with Gasteiger partial charge in [0.05, 0.1) is 0 Å². The van der Waals surface area contributed by atoms with E-state index >= 15 is 0 Å². The molecule has 4 heteroatoms. The zero-order valence-electron chi connectivity index (χ0n) is 9.34. The fourth-order valence-corrected chi connectivity index (χ4v) is 2.03. The maximum absolute atomic E-state index is 11.8. The van der Waals surface area contributed by atoms with Crippen LogP contribution in [-0.4, -0.2) is 14.5 Å². The van der Waals surface area contributed by atoms with E-state index in [2.05, 4.69) is 9.97 Å². The molecule has 3 rings (SSSR count). The topological polar surface area (TPSA) is 50.7 Å². The summed E-state index contributed by atoms with van der Waals surface area (Å²) in [7, 11) is 1.94. The van der Waals surface area contributed by atoms with Gasteiger partial charge in [-0.3, -0.25) is 4.79 Å². The van der Waals surface area contributed by atoms with Crippen LogP contribution in [0.25, 0.3) is 22.2 Å². The smallest absolute Gasteiger partial charge is 0.255 e. The van der Waals surface area contributed by atoms with Gasteiger partial charge in [0.2, 0.25) is 0 Å². The first-order chi connectivity index (χ1) is 8.27. The number of aromatic nitrogens is 3. The van der Waals surface area contributed by atoms with Crippen molar-refractivity contribution in [3.63, 3.8) is 0 Å². The summed E-state index contributed by atoms with van der Waals surface area (Å²) in [6.45, 7) is 0. The molecule has 0 unspecified atom stereocenters. The van der Waals surface area contributed by atoms with Crippen molar-refractivity contribution in [1.82, 2.24) is 14.5 Å². The van der Waals surface area contributed by atoms with Crippen molar-refractivity contribution >= 4 is 11.0 Å². The Kier molecular flexibility index (Phi) is 2.08. The molecule has 0 bridgehead atoms. The van der Waals surface area contributed by atoms with Crippen LogP contribution in [0.2, 0.25) is 0 Å². The van der Waals surface area contributed by atoms with Gasteiger partial charge in [0.15, 0.2) is 0 Å². The van der Waals surface area contributed by atoms with Crippen molar-refractivity contribution in [1.29, 1.82) is 0 Å². The van der Waals surface area contributed by atoms with Crippen LogP contribution in [0.1, 0.15) is 0 Å². The number of nitrogens with one attached hydrogen (secondary N) is 1. The highest BCUT2D eigenvalue weighted by atomic mass is 16.1. The van der Waals surface area contributed by atoms with Gasteiger partial charge in [-0.1, -0.05) is 0 Å². The molecule has 3 aromatic heterocycles. The van der Waals surface area contributed by atoms with Crippen molar-refractivity contribution in [3.05, 3.63) is 53.2 Å². The number of hydrogen-bond donors (Lipinski definition) is 1. The lowest BCUT2D eigenvalue weighted by atomic mass is 10.1. The van der Waals surface area contributed by atoms with Crippen molar-refractivity contribution < 1.29 is 0 Å². The minimum Gasteiger partial charge on any atom is -0.336 e. The van der Waals surface area contributed by atoms with Gasteiger partial charge in [0.25, 0.3) is 5.56 Å². The molecule has 0 atom stereocenters. The number of rotatable bonds is 1. The van der Waals surface area contributed by atoms with Gasteiger partial charge in [-0.2, -0.15) is 0 Å². The number of H-pyrrole nitrogens is 1. The lowest BCUT2D eigenvalue weighted by Gasteiger charge is -2.02. The number of pyridine rings is 2. The summed E-state index contributed by atoms with van der Waals surface area (Å²) in [5, 5.41) is 0.992. The Bertz CT molecular complexity index is 740. The SMILES string of the molecule is Cn1ccc2c(-c3ccc[nH]c3=O)ccnc21. The molecule has 0 amide bonds. The second-order valence-corrected chi connectivity index (χ2v) is 3.94. The molecule has 3 heterocycles. The van der Waals surface area contributed by atoms with E-state index in [-0.39, 0.29) is 5.56 Å². The van der Waals surface area contributed by atoms with E-state index in [0.717, 1.165) is 16.6 Å². The first-order valence-corrected chi connectivity index (χ1v) is 5.35. The number of hydrogen-bond acceptors (Lipinski definition) is 2. The number of fused-ring (bicyclic) bond motifs is 1. The van der Waals surface area contributed by atoms with Crippen LogP contribution in [0.5, 0.6) is 0 Å². The molecule has 0 spiro atoms. The fraction of sp³-hybridized carbons (Fsp3) is 0.0769. The first-order valence-electron chi connectivity index (χ1n) is 5.35. The van der Waals surface area contributed by atoms with Crippen LogP contribution in [-0.2, 0) is 7.05 Å². The average Bonchev–Trinajstić information content (AvgIpc) is 2.72. The number of aryl methyl sites for hydroxylation is 1. The molecule has 0 saturated carbocycles. The van der Waals surface area contributed by atoms with Crippen molar-refractivity contribution in [2.24, 2.45) is 7.05 Å². The molecule has 0 aliphatic carbocycles. The van der Waals surface area contributed by atoms with E-state index in [1.54, 1.807) is 12.4 Å². The second-order valence-electron chi connectivity index (χ2n) is 3.94. The molecule has 0 fully saturated rings. The predicted molar refractivity (Wildman–Crippen MR) is 66.8 cm³/mol. The number of nitrogens with zero attached hydrogens (tertiary/aromatic N) is 2. The molecular formula is C13H11N3O. The lowest BCUT2D eigenvalue weighted by molar-refractivity contribution is 0.948. The van der Waals surface area contributed by atoms with Gasteiger partial charge >= 0.3 is 0 Å². The molecule has 0 radical (unpaired) electrons. The van der Waals surface area contributed by atoms with Crippen LogP contribution in [0, 0.1) is 0 Å². The van der Waals surface area contributed by atoms with Gasteiger partial charge in [0, 0.05) is 36.6 Å². The highest BCUT2D eigenvalue weighted by molar-refractivity contribution is 5.92. The van der Waals surface area contributed by atoms with Gasteiger partial charge < -0.3 is 9.55 Å². The Morgan fingerprint density at radius 1 is 1.24 bits per heavy atom. The van der Waals surface area contributed by atoms with Crippen LogP contribution < -0.4 is 5.56 Å². The van der Waals surface area contributed by atoms with Crippen molar-refractivity contribution in [2.45, 2.75) is 0 Å². The molecule has 17 heavy (non-hydrogen) atoms. The Morgan fingerprint density at radius 3 is 2.94 bits per heavy atom. The molecule has 0 aromatic carbocycles. The molecule has 3 aromatic rings. The molecule has 4 nitrogen and oxygen atoms in total. The zero-order chi connectivity index (χ0) is 11.8. The Hall–Kier alpha value is -2.36. The summed E-state index contributed by atoms with van der Waals surface area (Å²) >= 11 is 0. The third kappa shape index (κ3) is 1.45. The number of aromatic amines is 1. The van der Waals surface area contributed by atoms with Crippen LogP contribution in [0.15, 0.2) is 47.7 Å². The largest absolute Gasteiger partial charge is 0.336 e. The minimum absolute atomic E-state index is 0.0798. The average molecular weight is 225 g/mol. The van der Waals surface area contributed by atoms with Crippen LogP contribution in [0.4, 0.5) is 0 Å². The summed E-state index contributed by atoms with van der Waals surface area (Å²) in [6, 6.07) is 7.49. The predicted octanol–water partition coefficient (Wildman–Crippen LogP) is 1.93. The quantitative estimate of drug-likeness (QED) is 0.688. The fourth-order valence-electron chi connectivity index (χ4n) is 2.03. The third-order valence-electron chi connectivity index (χ3n) is 2.88. The van der Waals surface area contributed by atoms with E-state index < -0.39 is 0 Å². The Balaban J connectivity index is 2.39. The highest BCUT2D eigenvalue weighted by Gasteiger charge is 2.09. The molecule has 84 valence electrons.